The molecule has 30 heavy (non-hydrogen) atoms. The summed E-state index contributed by atoms with van der Waals surface area (Å²) in [5, 5.41) is 18.6. The van der Waals surface area contributed by atoms with E-state index >= 15 is 0 Å². The molecule has 0 saturated heterocycles. The van der Waals surface area contributed by atoms with Crippen molar-refractivity contribution in [3.63, 3.8) is 0 Å². The number of hydrogen-bond acceptors (Lipinski definition) is 6. The molecule has 0 unspecified atom stereocenters. The monoisotopic (exact) mass is 473 g/mol. The molecule has 2 N–H and O–H groups in total. The minimum Gasteiger partial charge on any atom is -0.506 e. The molecule has 1 aliphatic rings. The van der Waals surface area contributed by atoms with Gasteiger partial charge in [0.15, 0.2) is 0 Å². The van der Waals surface area contributed by atoms with Crippen LogP contribution in [0.2, 0.25) is 10.0 Å². The summed E-state index contributed by atoms with van der Waals surface area (Å²) >= 11 is 11.8. The van der Waals surface area contributed by atoms with E-state index < -0.39 is 44.8 Å². The second-order valence-electron chi connectivity index (χ2n) is 6.92. The van der Waals surface area contributed by atoms with Crippen LogP contribution in [-0.4, -0.2) is 41.9 Å². The molecule has 3 rings (SSSR count). The van der Waals surface area contributed by atoms with E-state index in [9.17, 15) is 23.1 Å². The highest BCUT2D eigenvalue weighted by molar-refractivity contribution is 7.90. The predicted octanol–water partition coefficient (Wildman–Crippen LogP) is 3.87. The largest absolute Gasteiger partial charge is 0.506 e. The van der Waals surface area contributed by atoms with Gasteiger partial charge in [0, 0.05) is 11.6 Å². The number of nitrogens with zero attached hydrogens (tertiary/aromatic N) is 1. The third-order valence-corrected chi connectivity index (χ3v) is 7.19. The number of fused-ring (bicyclic) bond motifs is 1. The topological polar surface area (TPSA) is 121 Å². The Morgan fingerprint density at radius 3 is 2.40 bits per heavy atom. The second-order valence-corrected chi connectivity index (χ2v) is 9.54. The summed E-state index contributed by atoms with van der Waals surface area (Å²) < 4.78 is 32.0. The first-order chi connectivity index (χ1) is 13.9. The highest BCUT2D eigenvalue weighted by Crippen LogP contribution is 2.42. The van der Waals surface area contributed by atoms with Crippen LogP contribution in [0.3, 0.4) is 0 Å². The van der Waals surface area contributed by atoms with Crippen LogP contribution < -0.4 is 4.74 Å². The highest BCUT2D eigenvalue weighted by Gasteiger charge is 2.44. The van der Waals surface area contributed by atoms with E-state index in [0.717, 1.165) is 6.07 Å². The third kappa shape index (κ3) is 3.36. The average Bonchev–Trinajstić information content (AvgIpc) is 2.85. The van der Waals surface area contributed by atoms with Crippen molar-refractivity contribution in [3.05, 3.63) is 50.5 Å². The van der Waals surface area contributed by atoms with Crippen molar-refractivity contribution in [2.24, 2.45) is 0 Å². The van der Waals surface area contributed by atoms with Crippen LogP contribution in [0.4, 0.5) is 0 Å². The Bertz CT molecular complexity index is 1190. The quantitative estimate of drug-likeness (QED) is 0.675. The maximum absolute atomic E-state index is 13.1. The first kappa shape index (κ1) is 22.2. The van der Waals surface area contributed by atoms with Gasteiger partial charge in [0.1, 0.15) is 22.0 Å². The minimum absolute atomic E-state index is 0.0321. The molecular formula is C19H17Cl2NO7S. The number of hydrogen-bond donors (Lipinski definition) is 2. The Kier molecular flexibility index (Phi) is 5.66. The van der Waals surface area contributed by atoms with Crippen LogP contribution in [-0.2, 0) is 16.6 Å². The molecule has 0 aromatic heterocycles. The zero-order chi connectivity index (χ0) is 22.5. The molecule has 1 aliphatic heterocycles. The molecule has 2 aromatic rings. The van der Waals surface area contributed by atoms with E-state index in [0.29, 0.717) is 9.87 Å². The number of carbonyl (C=O) groups is 2. The second kappa shape index (κ2) is 7.64. The molecule has 8 nitrogen and oxygen atoms in total. The smallest absolute Gasteiger partial charge is 0.338 e. The van der Waals surface area contributed by atoms with Crippen molar-refractivity contribution in [2.45, 2.75) is 31.2 Å². The fraction of sp³-hybridized carbons (Fsp3) is 0.263. The molecule has 160 valence electrons. The first-order valence-electron chi connectivity index (χ1n) is 8.63. The number of aromatic carboxylic acids is 1. The van der Waals surface area contributed by atoms with Gasteiger partial charge in [-0.3, -0.25) is 4.79 Å². The lowest BCUT2D eigenvalue weighted by Gasteiger charge is -2.17. The number of carboxylic acid groups (broad SMARTS) is 1. The number of aromatic hydroxyl groups is 1. The minimum atomic E-state index is -4.26. The fourth-order valence-electron chi connectivity index (χ4n) is 3.25. The summed E-state index contributed by atoms with van der Waals surface area (Å²) in [6.45, 7) is 3.04. The molecule has 1 amide bonds. The van der Waals surface area contributed by atoms with Gasteiger partial charge < -0.3 is 14.9 Å². The van der Waals surface area contributed by atoms with E-state index in [1.165, 1.54) is 13.2 Å². The van der Waals surface area contributed by atoms with Gasteiger partial charge in [0.05, 0.1) is 29.3 Å². The molecule has 0 aliphatic carbocycles. The lowest BCUT2D eigenvalue weighted by molar-refractivity contribution is 0.0696. The van der Waals surface area contributed by atoms with Crippen LogP contribution in [0.5, 0.6) is 11.5 Å². The van der Waals surface area contributed by atoms with Crippen molar-refractivity contribution in [3.8, 4) is 11.5 Å². The number of phenols is 1. The Morgan fingerprint density at radius 1 is 1.23 bits per heavy atom. The number of benzene rings is 2. The zero-order valence-electron chi connectivity index (χ0n) is 16.1. The molecule has 0 radical (unpaired) electrons. The zero-order valence-corrected chi connectivity index (χ0v) is 18.4. The molecule has 1 heterocycles. The van der Waals surface area contributed by atoms with Crippen LogP contribution in [0.25, 0.3) is 0 Å². The van der Waals surface area contributed by atoms with Crippen LogP contribution >= 0.6 is 23.2 Å². The van der Waals surface area contributed by atoms with Crippen molar-refractivity contribution >= 4 is 45.1 Å². The third-order valence-electron chi connectivity index (χ3n) is 4.77. The van der Waals surface area contributed by atoms with Gasteiger partial charge in [-0.15, -0.1) is 0 Å². The SMILES string of the molecule is COc1cc(C(C)C)c2c(c1)S(=O)(=O)N(Cc1cc(Cl)c(C(=O)O)c(Cl)c1O)C2=O. The van der Waals surface area contributed by atoms with E-state index in [1.54, 1.807) is 6.07 Å². The standard InChI is InChI=1S/C19H17Cl2NO7S/c1-8(2)11-5-10(29-3)6-13-14(11)18(24)22(30(13,27)28)7-9-4-12(20)15(19(25)26)16(21)17(9)23/h4-6,8,23H,7H2,1-3H3,(H,25,26). The molecular weight excluding hydrogens is 457 g/mol. The maximum Gasteiger partial charge on any atom is 0.338 e. The Balaban J connectivity index is 2.15. The van der Waals surface area contributed by atoms with Gasteiger partial charge >= 0.3 is 5.97 Å². The van der Waals surface area contributed by atoms with E-state index in [1.807, 2.05) is 13.8 Å². The van der Waals surface area contributed by atoms with Crippen LogP contribution in [0, 0.1) is 0 Å². The van der Waals surface area contributed by atoms with Gasteiger partial charge in [0.2, 0.25) is 0 Å². The van der Waals surface area contributed by atoms with E-state index in [-0.39, 0.29) is 32.7 Å². The lowest BCUT2D eigenvalue weighted by Crippen LogP contribution is -2.29. The van der Waals surface area contributed by atoms with E-state index in [4.69, 9.17) is 33.0 Å². The lowest BCUT2D eigenvalue weighted by atomic mass is 9.96. The van der Waals surface area contributed by atoms with E-state index in [2.05, 4.69) is 0 Å². The number of phenolic OH excluding ortho intramolecular Hbond substituents is 1. The average molecular weight is 474 g/mol. The summed E-state index contributed by atoms with van der Waals surface area (Å²) in [6.07, 6.45) is 0. The molecule has 0 bridgehead atoms. The highest BCUT2D eigenvalue weighted by atomic mass is 35.5. The molecule has 2 aromatic carbocycles. The summed E-state index contributed by atoms with van der Waals surface area (Å²) in [5.41, 5.74) is -0.102. The molecule has 0 saturated carbocycles. The summed E-state index contributed by atoms with van der Waals surface area (Å²) in [6, 6.07) is 3.94. The van der Waals surface area contributed by atoms with Crippen molar-refractivity contribution in [2.75, 3.05) is 7.11 Å². The maximum atomic E-state index is 13.1. The molecule has 0 spiro atoms. The van der Waals surface area contributed by atoms with Crippen LogP contribution in [0.15, 0.2) is 23.1 Å². The number of amides is 1. The van der Waals surface area contributed by atoms with Crippen molar-refractivity contribution in [1.29, 1.82) is 0 Å². The Morgan fingerprint density at radius 2 is 1.87 bits per heavy atom. The fourth-order valence-corrected chi connectivity index (χ4v) is 5.50. The van der Waals surface area contributed by atoms with Gasteiger partial charge in [-0.2, -0.15) is 0 Å². The molecule has 0 fully saturated rings. The number of rotatable bonds is 5. The van der Waals surface area contributed by atoms with Crippen molar-refractivity contribution in [1.82, 2.24) is 4.31 Å². The number of methoxy groups -OCH3 is 1. The van der Waals surface area contributed by atoms with Gasteiger partial charge in [0.25, 0.3) is 15.9 Å². The van der Waals surface area contributed by atoms with Crippen molar-refractivity contribution < 1.29 is 33.0 Å². The summed E-state index contributed by atoms with van der Waals surface area (Å²) in [7, 11) is -2.87. The Labute approximate surface area is 182 Å². The Hall–Kier alpha value is -2.49. The number of sulfonamides is 1. The van der Waals surface area contributed by atoms with Gasteiger partial charge in [-0.25, -0.2) is 17.5 Å². The van der Waals surface area contributed by atoms with Crippen LogP contribution in [0.1, 0.15) is 51.6 Å². The number of carbonyl (C=O) groups excluding carboxylic acids is 1. The van der Waals surface area contributed by atoms with Gasteiger partial charge in [-0.1, -0.05) is 37.0 Å². The number of carboxylic acids is 1. The number of halogens is 2. The first-order valence-corrected chi connectivity index (χ1v) is 10.8. The summed E-state index contributed by atoms with van der Waals surface area (Å²) in [5.74, 6) is -2.78. The summed E-state index contributed by atoms with van der Waals surface area (Å²) in [4.78, 5) is 24.1. The van der Waals surface area contributed by atoms with Gasteiger partial charge in [-0.05, 0) is 23.6 Å². The predicted molar refractivity (Wildman–Crippen MR) is 109 cm³/mol. The molecule has 0 atom stereocenters. The number of ether oxygens (including phenoxy) is 1. The molecule has 11 heteroatoms. The normalized spacial score (nSPS) is 14.9.